The molecule has 0 aliphatic carbocycles. The molecule has 1 aliphatic heterocycles. The second-order valence-electron chi connectivity index (χ2n) is 7.55. The Hall–Kier alpha value is -1.47. The highest BCUT2D eigenvalue weighted by atomic mass is 79.9. The number of nitrogens with zero attached hydrogens (tertiary/aromatic N) is 1. The molecular weight excluding hydrogens is 410 g/mol. The molecule has 1 aromatic carbocycles. The number of hydrogen-bond acceptors (Lipinski definition) is 4. The van der Waals surface area contributed by atoms with E-state index in [1.54, 1.807) is 26.4 Å². The number of ether oxygens (including phenoxy) is 2. The predicted octanol–water partition coefficient (Wildman–Crippen LogP) is 4.34. The van der Waals surface area contributed by atoms with Crippen LogP contribution in [0, 0.1) is 11.8 Å². The maximum absolute atomic E-state index is 12.4. The number of amides is 2. The number of halogens is 1. The van der Waals surface area contributed by atoms with Gasteiger partial charge in [-0.2, -0.15) is 0 Å². The number of nitrogens with one attached hydrogen (secondary N) is 2. The lowest BCUT2D eigenvalue weighted by Gasteiger charge is -2.38. The lowest BCUT2D eigenvalue weighted by molar-refractivity contribution is 0.108. The summed E-state index contributed by atoms with van der Waals surface area (Å²) >= 11 is 3.46. The van der Waals surface area contributed by atoms with Crippen LogP contribution in [0.3, 0.4) is 0 Å². The summed E-state index contributed by atoms with van der Waals surface area (Å²) < 4.78 is 11.3. The number of methoxy groups -OCH3 is 2. The number of likely N-dealkylation sites (tertiary alicyclic amines) is 1. The van der Waals surface area contributed by atoms with E-state index in [2.05, 4.69) is 52.2 Å². The number of piperidine rings is 1. The average Bonchev–Trinajstić information content (AvgIpc) is 2.64. The molecule has 1 heterocycles. The molecule has 0 saturated carbocycles. The van der Waals surface area contributed by atoms with Gasteiger partial charge in [0.1, 0.15) is 0 Å². The number of benzene rings is 1. The Morgan fingerprint density at radius 1 is 1.22 bits per heavy atom. The zero-order chi connectivity index (χ0) is 20.0. The normalized spacial score (nSPS) is 16.9. The van der Waals surface area contributed by atoms with E-state index in [0.29, 0.717) is 35.7 Å². The Kier molecular flexibility index (Phi) is 8.23. The molecule has 1 atom stereocenters. The fourth-order valence-electron chi connectivity index (χ4n) is 3.46. The Bertz CT molecular complexity index is 631. The minimum absolute atomic E-state index is 0.223. The highest BCUT2D eigenvalue weighted by molar-refractivity contribution is 9.10. The quantitative estimate of drug-likeness (QED) is 0.660. The van der Waals surface area contributed by atoms with Gasteiger partial charge in [0.25, 0.3) is 0 Å². The van der Waals surface area contributed by atoms with Crippen LogP contribution in [0.4, 0.5) is 10.5 Å². The molecule has 7 heteroatoms. The zero-order valence-electron chi connectivity index (χ0n) is 17.0. The van der Waals surface area contributed by atoms with E-state index in [0.717, 1.165) is 23.5 Å². The summed E-state index contributed by atoms with van der Waals surface area (Å²) in [5, 5.41) is 5.92. The minimum Gasteiger partial charge on any atom is -0.493 e. The monoisotopic (exact) mass is 441 g/mol. The molecule has 152 valence electrons. The zero-order valence-corrected chi connectivity index (χ0v) is 18.6. The molecule has 0 spiro atoms. The summed E-state index contributed by atoms with van der Waals surface area (Å²) in [6, 6.07) is 3.64. The van der Waals surface area contributed by atoms with E-state index in [-0.39, 0.29) is 6.03 Å². The standard InChI is InChI=1S/C20H32BrN3O3/c1-13(2)17(24-8-6-14(3)7-9-24)12-22-20(25)23-16-11-19(27-5)18(26-4)10-15(16)21/h10-11,13-14,17H,6-9,12H2,1-5H3,(H2,22,23,25). The highest BCUT2D eigenvalue weighted by Gasteiger charge is 2.26. The van der Waals surface area contributed by atoms with E-state index in [9.17, 15) is 4.79 Å². The summed E-state index contributed by atoms with van der Waals surface area (Å²) in [6.07, 6.45) is 2.46. The van der Waals surface area contributed by atoms with E-state index >= 15 is 0 Å². The van der Waals surface area contributed by atoms with E-state index in [4.69, 9.17) is 9.47 Å². The molecule has 2 amide bonds. The van der Waals surface area contributed by atoms with E-state index < -0.39 is 0 Å². The first-order chi connectivity index (χ1) is 12.8. The summed E-state index contributed by atoms with van der Waals surface area (Å²) in [5.74, 6) is 2.45. The van der Waals surface area contributed by atoms with Gasteiger partial charge in [0.15, 0.2) is 11.5 Å². The van der Waals surface area contributed by atoms with Gasteiger partial charge >= 0.3 is 6.03 Å². The van der Waals surface area contributed by atoms with Gasteiger partial charge in [-0.25, -0.2) is 4.79 Å². The first kappa shape index (κ1) is 21.8. The lowest BCUT2D eigenvalue weighted by atomic mass is 9.94. The first-order valence-corrected chi connectivity index (χ1v) is 10.3. The van der Waals surface area contributed by atoms with Crippen molar-refractivity contribution in [2.75, 3.05) is 39.2 Å². The highest BCUT2D eigenvalue weighted by Crippen LogP contribution is 2.36. The number of urea groups is 1. The van der Waals surface area contributed by atoms with Gasteiger partial charge in [0, 0.05) is 29.2 Å². The Morgan fingerprint density at radius 2 is 1.81 bits per heavy atom. The molecule has 0 bridgehead atoms. The number of anilines is 1. The topological polar surface area (TPSA) is 62.8 Å². The number of hydrogen-bond donors (Lipinski definition) is 2. The van der Waals surface area contributed by atoms with Gasteiger partial charge in [-0.15, -0.1) is 0 Å². The first-order valence-electron chi connectivity index (χ1n) is 9.56. The van der Waals surface area contributed by atoms with Gasteiger partial charge < -0.3 is 20.1 Å². The maximum Gasteiger partial charge on any atom is 0.319 e. The third-order valence-corrected chi connectivity index (χ3v) is 5.91. The van der Waals surface area contributed by atoms with Gasteiger partial charge in [-0.3, -0.25) is 4.90 Å². The molecule has 6 nitrogen and oxygen atoms in total. The van der Waals surface area contributed by atoms with Crippen LogP contribution in [-0.2, 0) is 0 Å². The Labute approximate surface area is 171 Å². The molecule has 1 aliphatic rings. The molecule has 1 aromatic rings. The number of carbonyl (C=O) groups excluding carboxylic acids is 1. The molecule has 2 rings (SSSR count). The van der Waals surface area contributed by atoms with Crippen LogP contribution in [0.5, 0.6) is 11.5 Å². The number of carbonyl (C=O) groups is 1. The summed E-state index contributed by atoms with van der Waals surface area (Å²) in [4.78, 5) is 15.0. The Balaban J connectivity index is 1.96. The second kappa shape index (κ2) is 10.2. The van der Waals surface area contributed by atoms with Crippen molar-refractivity contribution in [1.29, 1.82) is 0 Å². The van der Waals surface area contributed by atoms with Crippen LogP contribution in [0.2, 0.25) is 0 Å². The Morgan fingerprint density at radius 3 is 2.37 bits per heavy atom. The van der Waals surface area contributed by atoms with E-state index in [1.165, 1.54) is 12.8 Å². The molecule has 1 unspecified atom stereocenters. The lowest BCUT2D eigenvalue weighted by Crippen LogP contribution is -2.50. The second-order valence-corrected chi connectivity index (χ2v) is 8.41. The fourth-order valence-corrected chi connectivity index (χ4v) is 3.88. The molecule has 0 radical (unpaired) electrons. The predicted molar refractivity (Wildman–Crippen MR) is 113 cm³/mol. The maximum atomic E-state index is 12.4. The van der Waals surface area contributed by atoms with Crippen molar-refractivity contribution in [1.82, 2.24) is 10.2 Å². The average molecular weight is 442 g/mol. The summed E-state index contributed by atoms with van der Waals surface area (Å²) in [6.45, 7) is 9.58. The van der Waals surface area contributed by atoms with Gasteiger partial charge in [0.05, 0.1) is 19.9 Å². The van der Waals surface area contributed by atoms with Crippen molar-refractivity contribution in [2.24, 2.45) is 11.8 Å². The van der Waals surface area contributed by atoms with Gasteiger partial charge in [-0.05, 0) is 53.7 Å². The van der Waals surface area contributed by atoms with Crippen molar-refractivity contribution >= 4 is 27.6 Å². The van der Waals surface area contributed by atoms with Gasteiger partial charge in [-0.1, -0.05) is 20.8 Å². The van der Waals surface area contributed by atoms with Crippen LogP contribution in [0.15, 0.2) is 16.6 Å². The summed E-state index contributed by atoms with van der Waals surface area (Å²) in [5.41, 5.74) is 0.637. The van der Waals surface area contributed by atoms with Crippen LogP contribution in [0.1, 0.15) is 33.6 Å². The molecular formula is C20H32BrN3O3. The molecule has 1 fully saturated rings. The van der Waals surface area contributed by atoms with Crippen molar-refractivity contribution < 1.29 is 14.3 Å². The number of rotatable bonds is 7. The SMILES string of the molecule is COc1cc(Br)c(NC(=O)NCC(C(C)C)N2CCC(C)CC2)cc1OC. The molecule has 1 saturated heterocycles. The summed E-state index contributed by atoms with van der Waals surface area (Å²) in [7, 11) is 3.15. The van der Waals surface area contributed by atoms with Crippen molar-refractivity contribution in [3.63, 3.8) is 0 Å². The van der Waals surface area contributed by atoms with Crippen molar-refractivity contribution in [2.45, 2.75) is 39.7 Å². The van der Waals surface area contributed by atoms with Crippen LogP contribution >= 0.6 is 15.9 Å². The molecule has 2 N–H and O–H groups in total. The van der Waals surface area contributed by atoms with Crippen LogP contribution < -0.4 is 20.1 Å². The van der Waals surface area contributed by atoms with E-state index in [1.807, 2.05) is 0 Å². The molecule has 0 aromatic heterocycles. The third-order valence-electron chi connectivity index (χ3n) is 5.25. The van der Waals surface area contributed by atoms with Crippen molar-refractivity contribution in [3.05, 3.63) is 16.6 Å². The van der Waals surface area contributed by atoms with Crippen LogP contribution in [0.25, 0.3) is 0 Å². The van der Waals surface area contributed by atoms with Gasteiger partial charge in [0.2, 0.25) is 0 Å². The fraction of sp³-hybridized carbons (Fsp3) is 0.650. The smallest absolute Gasteiger partial charge is 0.319 e. The third kappa shape index (κ3) is 6.01. The van der Waals surface area contributed by atoms with Crippen LogP contribution in [-0.4, -0.2) is 50.8 Å². The largest absolute Gasteiger partial charge is 0.493 e. The minimum atomic E-state index is -0.223. The van der Waals surface area contributed by atoms with Crippen molar-refractivity contribution in [3.8, 4) is 11.5 Å². The molecule has 27 heavy (non-hydrogen) atoms.